The number of carbonyl (C=O) groups is 1. The van der Waals surface area contributed by atoms with E-state index in [0.717, 1.165) is 23.4 Å². The highest BCUT2D eigenvalue weighted by atomic mass is 32.1. The van der Waals surface area contributed by atoms with Gasteiger partial charge in [-0.3, -0.25) is 9.48 Å². The quantitative estimate of drug-likeness (QED) is 0.543. The van der Waals surface area contributed by atoms with E-state index in [2.05, 4.69) is 58.1 Å². The molecule has 0 radical (unpaired) electrons. The smallest absolute Gasteiger partial charge is 0.275 e. The number of aromatic nitrogens is 4. The molecule has 33 heavy (non-hydrogen) atoms. The Morgan fingerprint density at radius 1 is 1.27 bits per heavy atom. The molecule has 3 rings (SSSR count). The third kappa shape index (κ3) is 8.16. The molecule has 2 aromatic rings. The second-order valence-electron chi connectivity index (χ2n) is 7.88. The van der Waals surface area contributed by atoms with Gasteiger partial charge >= 0.3 is 0 Å². The molecule has 0 fully saturated rings. The number of hydrogen-bond acceptors (Lipinski definition) is 9. The number of aryl methyl sites for hydroxylation is 1. The first-order valence-electron chi connectivity index (χ1n) is 10.3. The topological polar surface area (TPSA) is 117 Å². The highest BCUT2D eigenvalue weighted by Gasteiger charge is 2.24. The highest BCUT2D eigenvalue weighted by molar-refractivity contribution is 6.99. The van der Waals surface area contributed by atoms with E-state index in [1.165, 1.54) is 9.58 Å². The molecule has 1 unspecified atom stereocenters. The fourth-order valence-corrected chi connectivity index (χ4v) is 2.94. The molecule has 1 aliphatic heterocycles. The molecule has 0 bridgehead atoms. The summed E-state index contributed by atoms with van der Waals surface area (Å²) in [6, 6.07) is 0. The summed E-state index contributed by atoms with van der Waals surface area (Å²) < 4.78 is 15.4. The van der Waals surface area contributed by atoms with Gasteiger partial charge in [0.05, 0.1) is 18.3 Å². The Bertz CT molecular complexity index is 987. The van der Waals surface area contributed by atoms with Crippen molar-refractivity contribution >= 4 is 35.1 Å². The molecule has 3 heterocycles. The van der Waals surface area contributed by atoms with E-state index >= 15 is 0 Å². The lowest BCUT2D eigenvalue weighted by Gasteiger charge is -2.17. The lowest BCUT2D eigenvalue weighted by molar-refractivity contribution is 0.0814. The summed E-state index contributed by atoms with van der Waals surface area (Å²) in [5, 5.41) is 20.6. The molecular formula is C22H33N7O3S. The Hall–Kier alpha value is -3.52. The molecule has 11 heteroatoms. The Morgan fingerprint density at radius 3 is 2.45 bits per heavy atom. The van der Waals surface area contributed by atoms with Crippen LogP contribution in [-0.4, -0.2) is 61.2 Å². The monoisotopic (exact) mass is 475 g/mol. The van der Waals surface area contributed by atoms with E-state index in [9.17, 15) is 9.90 Å². The van der Waals surface area contributed by atoms with Crippen molar-refractivity contribution in [1.29, 1.82) is 0 Å². The largest absolute Gasteiger partial charge is 0.503 e. The lowest BCUT2D eigenvalue weighted by atomic mass is 10.2. The van der Waals surface area contributed by atoms with Crippen LogP contribution in [-0.2, 0) is 11.8 Å². The highest BCUT2D eigenvalue weighted by Crippen LogP contribution is 2.31. The summed E-state index contributed by atoms with van der Waals surface area (Å²) >= 11 is 1.01. The van der Waals surface area contributed by atoms with E-state index in [1.54, 1.807) is 21.1 Å². The predicted octanol–water partition coefficient (Wildman–Crippen LogP) is 3.61. The van der Waals surface area contributed by atoms with Gasteiger partial charge in [0, 0.05) is 21.1 Å². The average molecular weight is 476 g/mol. The minimum absolute atomic E-state index is 0.0241. The first-order chi connectivity index (χ1) is 15.6. The number of allylic oxidation sites excluding steroid dienone is 2. The number of aromatic hydroxyl groups is 1. The second kappa shape index (κ2) is 13.1. The first-order valence-corrected chi connectivity index (χ1v) is 11.0. The summed E-state index contributed by atoms with van der Waals surface area (Å²) in [5.74, 6) is 2.04. The van der Waals surface area contributed by atoms with Crippen LogP contribution in [0.2, 0.25) is 0 Å². The summed E-state index contributed by atoms with van der Waals surface area (Å²) in [6.07, 6.45) is 13.8. The van der Waals surface area contributed by atoms with Crippen molar-refractivity contribution in [3.05, 3.63) is 29.7 Å². The SMILES string of the molecule is C#C.CC(C)C.CC1C=CC=C(CNc2nsnc2Nc2nn(C)c(C(=O)N(C)C)c2O)O1. The number of anilines is 3. The number of hydrogen-bond donors (Lipinski definition) is 3. The van der Waals surface area contributed by atoms with Crippen molar-refractivity contribution in [3.63, 3.8) is 0 Å². The maximum Gasteiger partial charge on any atom is 0.275 e. The summed E-state index contributed by atoms with van der Waals surface area (Å²) in [7, 11) is 4.79. The van der Waals surface area contributed by atoms with Gasteiger partial charge in [-0.05, 0) is 25.0 Å². The maximum absolute atomic E-state index is 12.2. The van der Waals surface area contributed by atoms with Crippen molar-refractivity contribution in [2.45, 2.75) is 33.8 Å². The average Bonchev–Trinajstić information content (AvgIpc) is 3.30. The zero-order valence-electron chi connectivity index (χ0n) is 20.2. The van der Waals surface area contributed by atoms with Gasteiger partial charge in [0.1, 0.15) is 11.9 Å². The molecule has 0 spiro atoms. The molecule has 0 aromatic carbocycles. The summed E-state index contributed by atoms with van der Waals surface area (Å²) in [6.45, 7) is 8.89. The number of carbonyl (C=O) groups excluding carboxylic acids is 1. The van der Waals surface area contributed by atoms with E-state index in [0.29, 0.717) is 18.2 Å². The van der Waals surface area contributed by atoms with Crippen LogP contribution in [0.5, 0.6) is 5.75 Å². The summed E-state index contributed by atoms with van der Waals surface area (Å²) in [5.41, 5.74) is 0.0849. The molecule has 0 aliphatic carbocycles. The Kier molecular flexibility index (Phi) is 10.9. The van der Waals surface area contributed by atoms with E-state index < -0.39 is 0 Å². The molecule has 10 nitrogen and oxygen atoms in total. The Balaban J connectivity index is 0.000000820. The van der Waals surface area contributed by atoms with Crippen molar-refractivity contribution in [3.8, 4) is 18.6 Å². The van der Waals surface area contributed by atoms with Crippen LogP contribution >= 0.6 is 11.7 Å². The van der Waals surface area contributed by atoms with Crippen molar-refractivity contribution < 1.29 is 14.6 Å². The number of rotatable bonds is 6. The number of amides is 1. The van der Waals surface area contributed by atoms with Crippen LogP contribution in [0.4, 0.5) is 17.5 Å². The standard InChI is InChI=1S/C16H21N7O3S.C4H10.C2H2/c1-9-6-5-7-10(26-9)8-17-14-15(21-27-20-14)18-13-12(24)11(23(4)19-13)16(25)22(2)3;1-4(2)3;1-2/h5-7,9,24H,8H2,1-4H3,(H,17,20)(H,18,19,21);4H,1-3H3;1-2H. The van der Waals surface area contributed by atoms with E-state index in [4.69, 9.17) is 4.74 Å². The van der Waals surface area contributed by atoms with Crippen LogP contribution in [0, 0.1) is 18.8 Å². The molecule has 0 saturated carbocycles. The minimum atomic E-state index is -0.353. The number of nitrogens with one attached hydrogen (secondary N) is 2. The normalized spacial score (nSPS) is 14.1. The van der Waals surface area contributed by atoms with Gasteiger partial charge in [0.2, 0.25) is 0 Å². The van der Waals surface area contributed by atoms with Gasteiger partial charge in [-0.1, -0.05) is 26.8 Å². The van der Waals surface area contributed by atoms with Gasteiger partial charge in [0.25, 0.3) is 5.91 Å². The van der Waals surface area contributed by atoms with Gasteiger partial charge in [-0.25, -0.2) is 0 Å². The third-order valence-electron chi connectivity index (χ3n) is 3.79. The molecule has 3 N–H and O–H groups in total. The van der Waals surface area contributed by atoms with Crippen LogP contribution < -0.4 is 10.6 Å². The second-order valence-corrected chi connectivity index (χ2v) is 8.41. The number of nitrogens with zero attached hydrogens (tertiary/aromatic N) is 5. The van der Waals surface area contributed by atoms with E-state index in [1.807, 2.05) is 25.2 Å². The molecule has 0 saturated heterocycles. The van der Waals surface area contributed by atoms with Gasteiger partial charge in [-0.15, -0.1) is 12.8 Å². The zero-order chi connectivity index (χ0) is 25.1. The lowest BCUT2D eigenvalue weighted by Crippen LogP contribution is -2.24. The maximum atomic E-state index is 12.2. The van der Waals surface area contributed by atoms with Crippen LogP contribution in [0.25, 0.3) is 0 Å². The number of ether oxygens (including phenoxy) is 1. The number of terminal acetylenes is 1. The summed E-state index contributed by atoms with van der Waals surface area (Å²) in [4.78, 5) is 13.6. The van der Waals surface area contributed by atoms with Crippen LogP contribution in [0.15, 0.2) is 24.0 Å². The fraction of sp³-hybridized carbons (Fsp3) is 0.455. The molecule has 180 valence electrons. The zero-order valence-corrected chi connectivity index (χ0v) is 21.0. The van der Waals surface area contributed by atoms with E-state index in [-0.39, 0.29) is 29.3 Å². The van der Waals surface area contributed by atoms with Gasteiger partial charge in [0.15, 0.2) is 28.9 Å². The molecular weight excluding hydrogens is 442 g/mol. The van der Waals surface area contributed by atoms with Crippen molar-refractivity contribution in [1.82, 2.24) is 23.4 Å². The van der Waals surface area contributed by atoms with Crippen LogP contribution in [0.3, 0.4) is 0 Å². The Morgan fingerprint density at radius 2 is 1.88 bits per heavy atom. The molecule has 2 aromatic heterocycles. The first kappa shape index (κ1) is 27.5. The predicted molar refractivity (Wildman–Crippen MR) is 133 cm³/mol. The third-order valence-corrected chi connectivity index (χ3v) is 4.32. The van der Waals surface area contributed by atoms with Gasteiger partial charge in [-0.2, -0.15) is 13.8 Å². The Labute approximate surface area is 199 Å². The van der Waals surface area contributed by atoms with Gasteiger partial charge < -0.3 is 25.4 Å². The fourth-order valence-electron chi connectivity index (χ4n) is 2.46. The molecule has 1 atom stereocenters. The van der Waals surface area contributed by atoms with Crippen molar-refractivity contribution in [2.75, 3.05) is 31.3 Å². The van der Waals surface area contributed by atoms with Crippen LogP contribution in [0.1, 0.15) is 38.2 Å². The molecule has 1 aliphatic rings. The molecule has 1 amide bonds. The van der Waals surface area contributed by atoms with Crippen molar-refractivity contribution in [2.24, 2.45) is 13.0 Å². The minimum Gasteiger partial charge on any atom is -0.503 e.